The molecule has 3 nitrogen and oxygen atoms in total. The number of hydrogen-bond acceptors (Lipinski definition) is 2. The summed E-state index contributed by atoms with van der Waals surface area (Å²) in [7, 11) is 1.81. The van der Waals surface area contributed by atoms with Crippen LogP contribution in [0.3, 0.4) is 0 Å². The van der Waals surface area contributed by atoms with E-state index in [2.05, 4.69) is 18.8 Å². The van der Waals surface area contributed by atoms with Gasteiger partial charge >= 0.3 is 0 Å². The number of rotatable bonds is 4. The van der Waals surface area contributed by atoms with E-state index in [0.29, 0.717) is 11.5 Å². The van der Waals surface area contributed by atoms with Crippen LogP contribution in [0.2, 0.25) is 0 Å². The maximum atomic E-state index is 12.8. The van der Waals surface area contributed by atoms with E-state index >= 15 is 0 Å². The summed E-state index contributed by atoms with van der Waals surface area (Å²) in [4.78, 5) is 18.9. The minimum absolute atomic E-state index is 0.0116. The first kappa shape index (κ1) is 16.2. The number of benzene rings is 2. The van der Waals surface area contributed by atoms with Gasteiger partial charge in [0.05, 0.1) is 11.2 Å². The zero-order valence-corrected chi connectivity index (χ0v) is 14.4. The van der Waals surface area contributed by atoms with Gasteiger partial charge in [0, 0.05) is 24.2 Å². The predicted molar refractivity (Wildman–Crippen MR) is 99.5 cm³/mol. The molecule has 1 heterocycles. The zero-order chi connectivity index (χ0) is 17.1. The Kier molecular flexibility index (Phi) is 4.61. The van der Waals surface area contributed by atoms with Crippen molar-refractivity contribution in [2.75, 3.05) is 11.9 Å². The normalized spacial score (nSPS) is 11.0. The maximum Gasteiger partial charge on any atom is 0.258 e. The molecule has 0 saturated carbocycles. The van der Waals surface area contributed by atoms with E-state index in [1.807, 2.05) is 61.6 Å². The maximum absolute atomic E-state index is 12.8. The lowest BCUT2D eigenvalue weighted by atomic mass is 10.0. The van der Waals surface area contributed by atoms with E-state index in [-0.39, 0.29) is 5.91 Å². The molecule has 1 aromatic heterocycles. The number of carbonyl (C=O) groups is 1. The number of fused-ring (bicyclic) bond motifs is 1. The van der Waals surface area contributed by atoms with Crippen LogP contribution in [0, 0.1) is 5.92 Å². The summed E-state index contributed by atoms with van der Waals surface area (Å²) in [5, 5.41) is 0.979. The highest BCUT2D eigenvalue weighted by Crippen LogP contribution is 2.25. The third kappa shape index (κ3) is 3.30. The second kappa shape index (κ2) is 6.83. The van der Waals surface area contributed by atoms with Gasteiger partial charge in [0.1, 0.15) is 0 Å². The fourth-order valence-electron chi connectivity index (χ4n) is 2.94. The first-order chi connectivity index (χ1) is 11.6. The molecule has 3 heteroatoms. The van der Waals surface area contributed by atoms with Crippen LogP contribution in [0.1, 0.15) is 29.8 Å². The fraction of sp³-hybridized carbons (Fsp3) is 0.238. The van der Waals surface area contributed by atoms with Crippen molar-refractivity contribution in [2.45, 2.75) is 20.3 Å². The molecule has 0 atom stereocenters. The van der Waals surface area contributed by atoms with Gasteiger partial charge in [-0.05, 0) is 54.3 Å². The van der Waals surface area contributed by atoms with Crippen molar-refractivity contribution in [2.24, 2.45) is 5.92 Å². The Morgan fingerprint density at radius 3 is 2.50 bits per heavy atom. The Labute approximate surface area is 143 Å². The summed E-state index contributed by atoms with van der Waals surface area (Å²) in [5.74, 6) is 0.597. The molecule has 0 aliphatic heterocycles. The second-order valence-corrected chi connectivity index (χ2v) is 6.51. The molecule has 3 aromatic rings. The van der Waals surface area contributed by atoms with E-state index in [1.165, 1.54) is 5.56 Å². The number of aromatic nitrogens is 1. The lowest BCUT2D eigenvalue weighted by Crippen LogP contribution is -2.26. The Balaban J connectivity index is 1.89. The van der Waals surface area contributed by atoms with Crippen molar-refractivity contribution >= 4 is 22.5 Å². The van der Waals surface area contributed by atoms with E-state index in [0.717, 1.165) is 23.0 Å². The van der Waals surface area contributed by atoms with Gasteiger partial charge < -0.3 is 4.90 Å². The zero-order valence-electron chi connectivity index (χ0n) is 14.4. The smallest absolute Gasteiger partial charge is 0.258 e. The Morgan fingerprint density at radius 1 is 1.04 bits per heavy atom. The molecule has 0 fully saturated rings. The van der Waals surface area contributed by atoms with Gasteiger partial charge in [-0.1, -0.05) is 32.0 Å². The summed E-state index contributed by atoms with van der Waals surface area (Å²) in [6.45, 7) is 4.39. The average Bonchev–Trinajstić information content (AvgIpc) is 2.60. The molecular formula is C21H22N2O. The molecule has 0 saturated heterocycles. The Bertz CT molecular complexity index is 848. The molecule has 0 N–H and O–H groups in total. The van der Waals surface area contributed by atoms with Gasteiger partial charge in [-0.15, -0.1) is 0 Å². The summed E-state index contributed by atoms with van der Waals surface area (Å²) < 4.78 is 0. The number of hydrogen-bond donors (Lipinski definition) is 0. The standard InChI is InChI=1S/C21H22N2O/c1-15(2)14-16-9-11-17(12-10-16)21(24)23(3)20-8-4-7-19-18(20)6-5-13-22-19/h4-13,15H,14H2,1-3H3. The van der Waals surface area contributed by atoms with Crippen LogP contribution >= 0.6 is 0 Å². The van der Waals surface area contributed by atoms with E-state index in [4.69, 9.17) is 0 Å². The first-order valence-corrected chi connectivity index (χ1v) is 8.27. The lowest BCUT2D eigenvalue weighted by molar-refractivity contribution is 0.0993. The largest absolute Gasteiger partial charge is 0.311 e. The van der Waals surface area contributed by atoms with Crippen molar-refractivity contribution in [1.29, 1.82) is 0 Å². The van der Waals surface area contributed by atoms with Crippen molar-refractivity contribution < 1.29 is 4.79 Å². The Hall–Kier alpha value is -2.68. The summed E-state index contributed by atoms with van der Waals surface area (Å²) in [6.07, 6.45) is 2.79. The molecule has 0 radical (unpaired) electrons. The quantitative estimate of drug-likeness (QED) is 0.698. The third-order valence-electron chi connectivity index (χ3n) is 4.13. The monoisotopic (exact) mass is 318 g/mol. The van der Waals surface area contributed by atoms with E-state index in [9.17, 15) is 4.79 Å². The topological polar surface area (TPSA) is 33.2 Å². The number of pyridine rings is 1. The van der Waals surface area contributed by atoms with Gasteiger partial charge in [0.2, 0.25) is 0 Å². The van der Waals surface area contributed by atoms with Crippen LogP contribution in [-0.2, 0) is 6.42 Å². The molecule has 0 aliphatic rings. The molecule has 2 aromatic carbocycles. The Morgan fingerprint density at radius 2 is 1.79 bits per heavy atom. The van der Waals surface area contributed by atoms with Gasteiger partial charge in [0.25, 0.3) is 5.91 Å². The molecular weight excluding hydrogens is 296 g/mol. The molecule has 24 heavy (non-hydrogen) atoms. The molecule has 0 unspecified atom stereocenters. The molecule has 122 valence electrons. The predicted octanol–water partition coefficient (Wildman–Crippen LogP) is 4.71. The van der Waals surface area contributed by atoms with E-state index in [1.54, 1.807) is 11.1 Å². The highest BCUT2D eigenvalue weighted by molar-refractivity contribution is 6.10. The highest BCUT2D eigenvalue weighted by Gasteiger charge is 2.15. The average molecular weight is 318 g/mol. The summed E-state index contributed by atoms with van der Waals surface area (Å²) in [6, 6.07) is 17.7. The molecule has 0 aliphatic carbocycles. The van der Waals surface area contributed by atoms with Crippen LogP contribution < -0.4 is 4.90 Å². The van der Waals surface area contributed by atoms with Gasteiger partial charge in [-0.3, -0.25) is 9.78 Å². The van der Waals surface area contributed by atoms with Crippen molar-refractivity contribution in [3.8, 4) is 0 Å². The summed E-state index contributed by atoms with van der Waals surface area (Å²) in [5.41, 5.74) is 3.73. The summed E-state index contributed by atoms with van der Waals surface area (Å²) >= 11 is 0. The fourth-order valence-corrected chi connectivity index (χ4v) is 2.94. The minimum Gasteiger partial charge on any atom is -0.311 e. The van der Waals surface area contributed by atoms with Crippen LogP contribution in [0.4, 0.5) is 5.69 Å². The first-order valence-electron chi connectivity index (χ1n) is 8.27. The second-order valence-electron chi connectivity index (χ2n) is 6.51. The van der Waals surface area contributed by atoms with Crippen LogP contribution in [-0.4, -0.2) is 17.9 Å². The molecule has 3 rings (SSSR count). The van der Waals surface area contributed by atoms with Gasteiger partial charge in [0.15, 0.2) is 0 Å². The van der Waals surface area contributed by atoms with Crippen molar-refractivity contribution in [1.82, 2.24) is 4.98 Å². The molecule has 0 bridgehead atoms. The van der Waals surface area contributed by atoms with Crippen molar-refractivity contribution in [3.05, 3.63) is 71.9 Å². The highest BCUT2D eigenvalue weighted by atomic mass is 16.2. The SMILES string of the molecule is CC(C)Cc1ccc(C(=O)N(C)c2cccc3ncccc23)cc1. The van der Waals surface area contributed by atoms with Crippen LogP contribution in [0.5, 0.6) is 0 Å². The number of carbonyl (C=O) groups excluding carboxylic acids is 1. The van der Waals surface area contributed by atoms with E-state index < -0.39 is 0 Å². The molecule has 0 spiro atoms. The van der Waals surface area contributed by atoms with Crippen molar-refractivity contribution in [3.63, 3.8) is 0 Å². The molecule has 1 amide bonds. The third-order valence-corrected chi connectivity index (χ3v) is 4.13. The van der Waals surface area contributed by atoms with Gasteiger partial charge in [-0.2, -0.15) is 0 Å². The lowest BCUT2D eigenvalue weighted by Gasteiger charge is -2.19. The van der Waals surface area contributed by atoms with Crippen LogP contribution in [0.15, 0.2) is 60.8 Å². The number of anilines is 1. The van der Waals surface area contributed by atoms with Crippen LogP contribution in [0.25, 0.3) is 10.9 Å². The van der Waals surface area contributed by atoms with Gasteiger partial charge in [-0.25, -0.2) is 0 Å². The number of nitrogens with zero attached hydrogens (tertiary/aromatic N) is 2. The number of amides is 1. The minimum atomic E-state index is -0.0116.